The van der Waals surface area contributed by atoms with Gasteiger partial charge < -0.3 is 0 Å². The molecule has 1 aromatic carbocycles. The summed E-state index contributed by atoms with van der Waals surface area (Å²) < 4.78 is 2.11. The minimum Gasteiger partial charge on any atom is -0.265 e. The molecule has 17 heavy (non-hydrogen) atoms. The van der Waals surface area contributed by atoms with Gasteiger partial charge in [0.2, 0.25) is 0 Å². The zero-order chi connectivity index (χ0) is 12.4. The average molecular weight is 228 g/mol. The van der Waals surface area contributed by atoms with Crippen LogP contribution in [0.25, 0.3) is 0 Å². The molecule has 0 N–H and O–H groups in total. The second-order valence-electron chi connectivity index (χ2n) is 4.65. The summed E-state index contributed by atoms with van der Waals surface area (Å²) in [5.41, 5.74) is 6.46. The molecule has 0 bridgehead atoms. The molecule has 2 nitrogen and oxygen atoms in total. The van der Waals surface area contributed by atoms with Crippen molar-refractivity contribution in [2.45, 2.75) is 40.7 Å². The maximum Gasteiger partial charge on any atom is 0.0662 e. The first-order chi connectivity index (χ1) is 8.11. The standard InChI is InChI=1S/C15H20N2/c1-5-15-12(3)16-17(13(15)4)10-14-8-6-11(2)7-9-14/h6-9H,5,10H2,1-4H3. The normalized spacial score (nSPS) is 10.8. The Morgan fingerprint density at radius 2 is 1.71 bits per heavy atom. The first kappa shape index (κ1) is 11.9. The molecule has 0 fully saturated rings. The molecule has 2 heteroatoms. The fourth-order valence-corrected chi connectivity index (χ4v) is 2.27. The fourth-order valence-electron chi connectivity index (χ4n) is 2.27. The zero-order valence-electron chi connectivity index (χ0n) is 11.1. The van der Waals surface area contributed by atoms with E-state index in [1.807, 2.05) is 0 Å². The van der Waals surface area contributed by atoms with E-state index in [1.165, 1.54) is 22.4 Å². The Morgan fingerprint density at radius 3 is 2.24 bits per heavy atom. The molecule has 0 saturated heterocycles. The number of benzene rings is 1. The molecule has 90 valence electrons. The van der Waals surface area contributed by atoms with E-state index in [-0.39, 0.29) is 0 Å². The Labute approximate surface area is 103 Å². The summed E-state index contributed by atoms with van der Waals surface area (Å²) >= 11 is 0. The highest BCUT2D eigenvalue weighted by molar-refractivity contribution is 5.26. The van der Waals surface area contributed by atoms with E-state index >= 15 is 0 Å². The van der Waals surface area contributed by atoms with Crippen LogP contribution < -0.4 is 0 Å². The molecule has 0 unspecified atom stereocenters. The molecule has 0 aliphatic heterocycles. The lowest BCUT2D eigenvalue weighted by atomic mass is 10.1. The maximum atomic E-state index is 4.62. The third-order valence-electron chi connectivity index (χ3n) is 3.34. The highest BCUT2D eigenvalue weighted by Gasteiger charge is 2.09. The third-order valence-corrected chi connectivity index (χ3v) is 3.34. The van der Waals surface area contributed by atoms with Crippen molar-refractivity contribution in [2.75, 3.05) is 0 Å². The van der Waals surface area contributed by atoms with Crippen molar-refractivity contribution < 1.29 is 0 Å². The second-order valence-corrected chi connectivity index (χ2v) is 4.65. The van der Waals surface area contributed by atoms with Gasteiger partial charge in [0, 0.05) is 5.69 Å². The van der Waals surface area contributed by atoms with Crippen molar-refractivity contribution in [3.05, 3.63) is 52.3 Å². The Morgan fingerprint density at radius 1 is 1.06 bits per heavy atom. The molecule has 2 aromatic rings. The minimum atomic E-state index is 0.868. The van der Waals surface area contributed by atoms with Crippen LogP contribution in [0.15, 0.2) is 24.3 Å². The number of hydrogen-bond donors (Lipinski definition) is 0. The van der Waals surface area contributed by atoms with E-state index in [0.29, 0.717) is 0 Å². The molecule has 0 atom stereocenters. The summed E-state index contributed by atoms with van der Waals surface area (Å²) in [6.07, 6.45) is 1.06. The Kier molecular flexibility index (Phi) is 3.32. The summed E-state index contributed by atoms with van der Waals surface area (Å²) in [5, 5.41) is 4.62. The summed E-state index contributed by atoms with van der Waals surface area (Å²) in [7, 11) is 0. The summed E-state index contributed by atoms with van der Waals surface area (Å²) in [4.78, 5) is 0. The molecule has 0 aliphatic rings. The van der Waals surface area contributed by atoms with Crippen LogP contribution in [-0.2, 0) is 13.0 Å². The van der Waals surface area contributed by atoms with Crippen molar-refractivity contribution in [3.63, 3.8) is 0 Å². The van der Waals surface area contributed by atoms with Crippen LogP contribution in [0.5, 0.6) is 0 Å². The predicted molar refractivity (Wildman–Crippen MR) is 71.4 cm³/mol. The van der Waals surface area contributed by atoms with Crippen LogP contribution in [0.1, 0.15) is 35.0 Å². The predicted octanol–water partition coefficient (Wildman–Crippen LogP) is 3.42. The van der Waals surface area contributed by atoms with Crippen molar-refractivity contribution in [1.29, 1.82) is 0 Å². The molecule has 0 spiro atoms. The van der Waals surface area contributed by atoms with E-state index < -0.39 is 0 Å². The van der Waals surface area contributed by atoms with Crippen molar-refractivity contribution in [2.24, 2.45) is 0 Å². The number of nitrogens with zero attached hydrogens (tertiary/aromatic N) is 2. The first-order valence-corrected chi connectivity index (χ1v) is 6.20. The van der Waals surface area contributed by atoms with Gasteiger partial charge in [-0.2, -0.15) is 5.10 Å². The van der Waals surface area contributed by atoms with E-state index in [4.69, 9.17) is 0 Å². The summed E-state index contributed by atoms with van der Waals surface area (Å²) in [6.45, 7) is 9.42. The van der Waals surface area contributed by atoms with Gasteiger partial charge in [0.25, 0.3) is 0 Å². The quantitative estimate of drug-likeness (QED) is 0.787. The number of rotatable bonds is 3. The van der Waals surface area contributed by atoms with E-state index in [1.54, 1.807) is 0 Å². The smallest absolute Gasteiger partial charge is 0.0662 e. The van der Waals surface area contributed by atoms with Crippen molar-refractivity contribution in [1.82, 2.24) is 9.78 Å². The number of hydrogen-bond acceptors (Lipinski definition) is 1. The molecular formula is C15H20N2. The Balaban J connectivity index is 2.27. The van der Waals surface area contributed by atoms with Gasteiger partial charge in [0.1, 0.15) is 0 Å². The SMILES string of the molecule is CCc1c(C)nn(Cc2ccc(C)cc2)c1C. The monoisotopic (exact) mass is 228 g/mol. The summed E-state index contributed by atoms with van der Waals surface area (Å²) in [6, 6.07) is 8.67. The van der Waals surface area contributed by atoms with Crippen molar-refractivity contribution in [3.8, 4) is 0 Å². The van der Waals surface area contributed by atoms with Gasteiger partial charge in [-0.05, 0) is 38.3 Å². The van der Waals surface area contributed by atoms with E-state index in [2.05, 4.69) is 61.7 Å². The van der Waals surface area contributed by atoms with E-state index in [9.17, 15) is 0 Å². The van der Waals surface area contributed by atoms with Crippen LogP contribution in [-0.4, -0.2) is 9.78 Å². The van der Waals surface area contributed by atoms with Crippen LogP contribution in [0.2, 0.25) is 0 Å². The average Bonchev–Trinajstić information content (AvgIpc) is 2.57. The van der Waals surface area contributed by atoms with Gasteiger partial charge in [-0.1, -0.05) is 36.8 Å². The Hall–Kier alpha value is -1.57. The molecule has 2 rings (SSSR count). The second kappa shape index (κ2) is 4.74. The van der Waals surface area contributed by atoms with Gasteiger partial charge in [0.15, 0.2) is 0 Å². The van der Waals surface area contributed by atoms with Crippen LogP contribution in [0.4, 0.5) is 0 Å². The molecular weight excluding hydrogens is 208 g/mol. The van der Waals surface area contributed by atoms with Gasteiger partial charge in [-0.15, -0.1) is 0 Å². The highest BCUT2D eigenvalue weighted by Crippen LogP contribution is 2.15. The molecule has 1 heterocycles. The molecule has 1 aromatic heterocycles. The largest absolute Gasteiger partial charge is 0.265 e. The molecule has 0 saturated carbocycles. The van der Waals surface area contributed by atoms with Gasteiger partial charge >= 0.3 is 0 Å². The number of aromatic nitrogens is 2. The van der Waals surface area contributed by atoms with Gasteiger partial charge in [-0.25, -0.2) is 0 Å². The Bertz CT molecular complexity index is 506. The molecule has 0 aliphatic carbocycles. The molecule has 0 amide bonds. The highest BCUT2D eigenvalue weighted by atomic mass is 15.3. The number of aryl methyl sites for hydroxylation is 2. The first-order valence-electron chi connectivity index (χ1n) is 6.20. The van der Waals surface area contributed by atoms with Crippen molar-refractivity contribution >= 4 is 0 Å². The molecule has 0 radical (unpaired) electrons. The summed E-state index contributed by atoms with van der Waals surface area (Å²) in [5.74, 6) is 0. The fraction of sp³-hybridized carbons (Fsp3) is 0.400. The maximum absolute atomic E-state index is 4.62. The third kappa shape index (κ3) is 2.41. The van der Waals surface area contributed by atoms with Crippen LogP contribution >= 0.6 is 0 Å². The van der Waals surface area contributed by atoms with E-state index in [0.717, 1.165) is 18.7 Å². The minimum absolute atomic E-state index is 0.868. The lowest BCUT2D eigenvalue weighted by Gasteiger charge is -2.05. The van der Waals surface area contributed by atoms with Crippen LogP contribution in [0, 0.1) is 20.8 Å². The lowest BCUT2D eigenvalue weighted by Crippen LogP contribution is -2.04. The van der Waals surface area contributed by atoms with Gasteiger partial charge in [0.05, 0.1) is 12.2 Å². The topological polar surface area (TPSA) is 17.8 Å². The van der Waals surface area contributed by atoms with Gasteiger partial charge in [-0.3, -0.25) is 4.68 Å². The zero-order valence-corrected chi connectivity index (χ0v) is 11.1. The van der Waals surface area contributed by atoms with Crippen LogP contribution in [0.3, 0.4) is 0 Å². The lowest BCUT2D eigenvalue weighted by molar-refractivity contribution is 0.658.